The fourth-order valence-corrected chi connectivity index (χ4v) is 4.87. The zero-order valence-corrected chi connectivity index (χ0v) is 15.0. The molecule has 130 valence electrons. The predicted molar refractivity (Wildman–Crippen MR) is 99.7 cm³/mol. The Morgan fingerprint density at radius 2 is 1.92 bits per heavy atom. The number of rotatable bonds is 3. The molecule has 1 N–H and O–H groups in total. The molecule has 2 aliphatic heterocycles. The van der Waals surface area contributed by atoms with Gasteiger partial charge in [0.15, 0.2) is 0 Å². The highest BCUT2D eigenvalue weighted by molar-refractivity contribution is 7.90. The van der Waals surface area contributed by atoms with E-state index < -0.39 is 10.0 Å². The van der Waals surface area contributed by atoms with E-state index in [0.29, 0.717) is 28.9 Å². The van der Waals surface area contributed by atoms with E-state index in [9.17, 15) is 8.42 Å². The van der Waals surface area contributed by atoms with E-state index in [4.69, 9.17) is 0 Å². The molecule has 6 heteroatoms. The molecule has 5 nitrogen and oxygen atoms in total. The summed E-state index contributed by atoms with van der Waals surface area (Å²) < 4.78 is 26.9. The topological polar surface area (TPSA) is 61.8 Å². The Morgan fingerprint density at radius 1 is 1.16 bits per heavy atom. The average Bonchev–Trinajstić information content (AvgIpc) is 2.88. The molecule has 0 amide bonds. The number of sulfonamides is 1. The number of benzene rings is 2. The van der Waals surface area contributed by atoms with Crippen molar-refractivity contribution >= 4 is 21.5 Å². The van der Waals surface area contributed by atoms with Crippen molar-refractivity contribution < 1.29 is 8.42 Å². The number of amidine groups is 1. The maximum atomic E-state index is 12.1. The Labute approximate surface area is 148 Å². The van der Waals surface area contributed by atoms with Crippen LogP contribution in [0.5, 0.6) is 0 Å². The monoisotopic (exact) mass is 355 g/mol. The van der Waals surface area contributed by atoms with Crippen LogP contribution >= 0.6 is 0 Å². The highest BCUT2D eigenvalue weighted by Crippen LogP contribution is 2.30. The molecule has 0 saturated carbocycles. The first-order valence-electron chi connectivity index (χ1n) is 8.57. The van der Waals surface area contributed by atoms with Crippen LogP contribution in [0.1, 0.15) is 24.5 Å². The Bertz CT molecular complexity index is 937. The van der Waals surface area contributed by atoms with Crippen LogP contribution in [0.3, 0.4) is 0 Å². The highest BCUT2D eigenvalue weighted by atomic mass is 32.2. The van der Waals surface area contributed by atoms with Gasteiger partial charge in [0.1, 0.15) is 5.84 Å². The number of fused-ring (bicyclic) bond motifs is 2. The third kappa shape index (κ3) is 2.91. The second-order valence-electron chi connectivity index (χ2n) is 6.54. The fourth-order valence-electron chi connectivity index (χ4n) is 3.62. The Balaban J connectivity index is 1.55. The smallest absolute Gasteiger partial charge is 0.263 e. The van der Waals surface area contributed by atoms with Gasteiger partial charge in [-0.25, -0.2) is 8.42 Å². The molecule has 1 atom stereocenters. The summed E-state index contributed by atoms with van der Waals surface area (Å²) in [7, 11) is -3.46. The number of nitrogens with zero attached hydrogens (tertiary/aromatic N) is 2. The van der Waals surface area contributed by atoms with Crippen molar-refractivity contribution in [3.63, 3.8) is 0 Å². The number of hydrogen-bond acceptors (Lipinski definition) is 4. The second-order valence-corrected chi connectivity index (χ2v) is 8.19. The molecule has 2 aromatic rings. The first-order chi connectivity index (χ1) is 12.1. The molecule has 25 heavy (non-hydrogen) atoms. The summed E-state index contributed by atoms with van der Waals surface area (Å²) in [5.41, 5.74) is 3.31. The van der Waals surface area contributed by atoms with Crippen molar-refractivity contribution in [2.24, 2.45) is 4.99 Å². The van der Waals surface area contributed by atoms with Crippen LogP contribution in [0, 0.1) is 0 Å². The lowest BCUT2D eigenvalue weighted by atomic mass is 9.97. The van der Waals surface area contributed by atoms with Crippen molar-refractivity contribution in [2.45, 2.75) is 30.7 Å². The summed E-state index contributed by atoms with van der Waals surface area (Å²) in [6.07, 6.45) is 2.23. The van der Waals surface area contributed by atoms with Gasteiger partial charge in [-0.05, 0) is 43.5 Å². The van der Waals surface area contributed by atoms with Gasteiger partial charge >= 0.3 is 0 Å². The normalized spacial score (nSPS) is 22.4. The molecule has 2 aromatic carbocycles. The van der Waals surface area contributed by atoms with Crippen molar-refractivity contribution in [3.8, 4) is 0 Å². The molecule has 0 saturated heterocycles. The summed E-state index contributed by atoms with van der Waals surface area (Å²) in [6, 6.07) is 15.9. The van der Waals surface area contributed by atoms with Crippen LogP contribution in [-0.2, 0) is 16.4 Å². The quantitative estimate of drug-likeness (QED) is 0.920. The van der Waals surface area contributed by atoms with E-state index >= 15 is 0 Å². The second kappa shape index (κ2) is 6.19. The van der Waals surface area contributed by atoms with Gasteiger partial charge in [-0.1, -0.05) is 30.3 Å². The lowest BCUT2D eigenvalue weighted by Crippen LogP contribution is -2.39. The molecule has 0 aliphatic carbocycles. The molecular weight excluding hydrogens is 334 g/mol. The number of anilines is 1. The molecule has 0 fully saturated rings. The van der Waals surface area contributed by atoms with Gasteiger partial charge in [-0.3, -0.25) is 9.71 Å². The number of para-hydroxylation sites is 1. The maximum Gasteiger partial charge on any atom is 0.263 e. The number of aryl methyl sites for hydroxylation is 1. The van der Waals surface area contributed by atoms with E-state index in [-0.39, 0.29) is 0 Å². The molecule has 2 aliphatic rings. The maximum absolute atomic E-state index is 12.1. The molecule has 2 heterocycles. The predicted octanol–water partition coefficient (Wildman–Crippen LogP) is 2.57. The molecule has 4 rings (SSSR count). The van der Waals surface area contributed by atoms with E-state index in [0.717, 1.165) is 19.4 Å². The minimum atomic E-state index is -3.46. The summed E-state index contributed by atoms with van der Waals surface area (Å²) in [5, 5.41) is 0. The van der Waals surface area contributed by atoms with Crippen LogP contribution in [0.2, 0.25) is 0 Å². The first kappa shape index (κ1) is 16.1. The van der Waals surface area contributed by atoms with Crippen molar-refractivity contribution in [1.29, 1.82) is 0 Å². The highest BCUT2D eigenvalue weighted by Gasteiger charge is 2.30. The van der Waals surface area contributed by atoms with Gasteiger partial charge in [0.2, 0.25) is 0 Å². The van der Waals surface area contributed by atoms with E-state index in [1.165, 1.54) is 11.3 Å². The van der Waals surface area contributed by atoms with Crippen LogP contribution < -0.4 is 9.62 Å². The number of nitrogens with one attached hydrogen (secondary N) is 1. The van der Waals surface area contributed by atoms with Crippen LogP contribution in [-0.4, -0.2) is 33.4 Å². The van der Waals surface area contributed by atoms with Gasteiger partial charge < -0.3 is 4.90 Å². The van der Waals surface area contributed by atoms with Gasteiger partial charge in [-0.15, -0.1) is 0 Å². The molecule has 0 bridgehead atoms. The Hall–Kier alpha value is -2.34. The Morgan fingerprint density at radius 3 is 2.80 bits per heavy atom. The lowest BCUT2D eigenvalue weighted by Gasteiger charge is -2.36. The average molecular weight is 355 g/mol. The van der Waals surface area contributed by atoms with E-state index in [1.54, 1.807) is 18.2 Å². The third-order valence-electron chi connectivity index (χ3n) is 4.94. The third-order valence-corrected chi connectivity index (χ3v) is 6.34. The summed E-state index contributed by atoms with van der Waals surface area (Å²) >= 11 is 0. The van der Waals surface area contributed by atoms with Crippen molar-refractivity contribution in [1.82, 2.24) is 4.72 Å². The molecule has 0 unspecified atom stereocenters. The minimum Gasteiger partial charge on any atom is -0.367 e. The first-order valence-corrected chi connectivity index (χ1v) is 10.1. The standard InChI is InChI=1S/C19H21N3O2S/c1-14-10-11-15-6-2-4-8-17(15)22(14)13-12-20-19-16-7-3-5-9-18(16)25(23,24)21-19/h2-9,14H,10-13H2,1H3,(H,20,21)/t14-/m1/s1. The largest absolute Gasteiger partial charge is 0.367 e. The van der Waals surface area contributed by atoms with Crippen LogP contribution in [0.25, 0.3) is 0 Å². The van der Waals surface area contributed by atoms with Crippen molar-refractivity contribution in [2.75, 3.05) is 18.0 Å². The zero-order valence-electron chi connectivity index (χ0n) is 14.1. The molecular formula is C19H21N3O2S. The van der Waals surface area contributed by atoms with Gasteiger partial charge in [0, 0.05) is 23.8 Å². The molecule has 0 spiro atoms. The van der Waals surface area contributed by atoms with Gasteiger partial charge in [-0.2, -0.15) is 0 Å². The lowest BCUT2D eigenvalue weighted by molar-refractivity contribution is 0.565. The van der Waals surface area contributed by atoms with Crippen LogP contribution in [0.15, 0.2) is 58.4 Å². The SMILES string of the molecule is C[C@@H]1CCc2ccccc2N1CCN=C1NS(=O)(=O)c2ccccc21. The summed E-state index contributed by atoms with van der Waals surface area (Å²) in [5.74, 6) is 0.452. The molecule has 0 radical (unpaired) electrons. The van der Waals surface area contributed by atoms with E-state index in [1.807, 2.05) is 6.07 Å². The fraction of sp³-hybridized carbons (Fsp3) is 0.316. The zero-order chi connectivity index (χ0) is 17.4. The summed E-state index contributed by atoms with van der Waals surface area (Å²) in [6.45, 7) is 3.55. The van der Waals surface area contributed by atoms with Crippen LogP contribution in [0.4, 0.5) is 5.69 Å². The van der Waals surface area contributed by atoms with Gasteiger partial charge in [0.05, 0.1) is 11.4 Å². The number of hydrogen-bond donors (Lipinski definition) is 1. The number of aliphatic imine (C=N–C) groups is 1. The summed E-state index contributed by atoms with van der Waals surface area (Å²) in [4.78, 5) is 7.23. The minimum absolute atomic E-state index is 0.311. The van der Waals surface area contributed by atoms with E-state index in [2.05, 4.69) is 45.8 Å². The van der Waals surface area contributed by atoms with Crippen molar-refractivity contribution in [3.05, 3.63) is 59.7 Å². The Kier molecular flexibility index (Phi) is 4.00. The molecule has 0 aromatic heterocycles. The van der Waals surface area contributed by atoms with Gasteiger partial charge in [0.25, 0.3) is 10.0 Å².